The van der Waals surface area contributed by atoms with Crippen LogP contribution >= 0.6 is 11.5 Å². The van der Waals surface area contributed by atoms with Crippen molar-refractivity contribution in [2.45, 2.75) is 30.9 Å². The van der Waals surface area contributed by atoms with Gasteiger partial charge in [0.25, 0.3) is 10.0 Å². The number of fused-ring (bicyclic) bond motifs is 1. The van der Waals surface area contributed by atoms with Crippen LogP contribution < -0.4 is 10.5 Å². The molecule has 0 bridgehead atoms. The molecule has 0 spiro atoms. The van der Waals surface area contributed by atoms with Crippen LogP contribution in [0.2, 0.25) is 0 Å². The van der Waals surface area contributed by atoms with Crippen molar-refractivity contribution < 1.29 is 22.3 Å². The molecule has 0 aliphatic rings. The van der Waals surface area contributed by atoms with E-state index in [9.17, 15) is 22.7 Å². The summed E-state index contributed by atoms with van der Waals surface area (Å²) in [5, 5.41) is 9.44. The first-order chi connectivity index (χ1) is 15.7. The van der Waals surface area contributed by atoms with Crippen LogP contribution in [-0.4, -0.2) is 33.6 Å². The molecule has 33 heavy (non-hydrogen) atoms. The molecule has 0 unspecified atom stereocenters. The SMILES string of the molecule is C[C@H](O)C#Cc1ccccc1[C@@H](C)n1c(=O)oc2cc(S(=O)(=O)Nc3ncns3)c(F)cc21. The van der Waals surface area contributed by atoms with Gasteiger partial charge >= 0.3 is 5.76 Å². The highest BCUT2D eigenvalue weighted by Crippen LogP contribution is 2.28. The van der Waals surface area contributed by atoms with Gasteiger partial charge in [-0.15, -0.1) is 0 Å². The van der Waals surface area contributed by atoms with E-state index in [1.807, 2.05) is 0 Å². The molecule has 0 radical (unpaired) electrons. The highest BCUT2D eigenvalue weighted by atomic mass is 32.2. The number of aliphatic hydroxyl groups excluding tert-OH is 1. The molecule has 0 fully saturated rings. The quantitative estimate of drug-likeness (QED) is 0.414. The Bertz CT molecular complexity index is 1550. The maximum Gasteiger partial charge on any atom is 0.420 e. The average molecular weight is 489 g/mol. The molecule has 4 aromatic rings. The molecule has 0 aliphatic carbocycles. The van der Waals surface area contributed by atoms with Gasteiger partial charge in [-0.3, -0.25) is 9.29 Å². The standard InChI is InChI=1S/C21H17FN4O5S2/c1-12(27)7-8-14-5-3-4-6-15(14)13(2)26-17-9-16(22)19(10-18(17)31-21(26)28)33(29,30)25-20-23-11-24-32-20/h3-6,9-13,27H,1-2H3,(H,23,24,25)/t12-,13+/m0/s1. The fourth-order valence-corrected chi connectivity index (χ4v) is 5.03. The molecule has 0 saturated heterocycles. The second kappa shape index (κ2) is 8.78. The third-order valence-corrected chi connectivity index (χ3v) is 6.82. The number of nitrogens with one attached hydrogen (secondary N) is 1. The molecule has 2 heterocycles. The van der Waals surface area contributed by atoms with E-state index in [0.717, 1.165) is 30.0 Å². The molecule has 9 nitrogen and oxygen atoms in total. The van der Waals surface area contributed by atoms with Gasteiger partial charge < -0.3 is 9.52 Å². The Labute approximate surface area is 191 Å². The normalized spacial score (nSPS) is 13.3. The lowest BCUT2D eigenvalue weighted by atomic mass is 10.0. The summed E-state index contributed by atoms with van der Waals surface area (Å²) < 4.78 is 52.4. The number of nitrogens with zero attached hydrogens (tertiary/aromatic N) is 3. The Hall–Kier alpha value is -3.53. The van der Waals surface area contributed by atoms with Gasteiger partial charge in [-0.25, -0.2) is 22.6 Å². The Morgan fingerprint density at radius 3 is 2.73 bits per heavy atom. The Morgan fingerprint density at radius 2 is 2.03 bits per heavy atom. The molecule has 2 aromatic carbocycles. The minimum absolute atomic E-state index is 0.0305. The molecule has 2 N–H and O–H groups in total. The molecule has 2 aromatic heterocycles. The van der Waals surface area contributed by atoms with Crippen molar-refractivity contribution in [1.29, 1.82) is 0 Å². The number of hydrogen-bond donors (Lipinski definition) is 2. The van der Waals surface area contributed by atoms with Crippen LogP contribution in [0, 0.1) is 17.7 Å². The predicted molar refractivity (Wildman–Crippen MR) is 120 cm³/mol. The van der Waals surface area contributed by atoms with E-state index in [2.05, 4.69) is 25.9 Å². The number of benzene rings is 2. The second-order valence-electron chi connectivity index (χ2n) is 7.05. The van der Waals surface area contributed by atoms with E-state index >= 15 is 0 Å². The number of aromatic nitrogens is 3. The largest absolute Gasteiger partial charge is 0.420 e. The maximum absolute atomic E-state index is 14.9. The summed E-state index contributed by atoms with van der Waals surface area (Å²) in [6.45, 7) is 3.24. The first-order valence-corrected chi connectivity index (χ1v) is 11.9. The third kappa shape index (κ3) is 4.51. The van der Waals surface area contributed by atoms with Crippen LogP contribution in [0.5, 0.6) is 0 Å². The fourth-order valence-electron chi connectivity index (χ4n) is 3.29. The zero-order valence-electron chi connectivity index (χ0n) is 17.3. The lowest BCUT2D eigenvalue weighted by molar-refractivity contribution is 0.253. The van der Waals surface area contributed by atoms with E-state index in [1.165, 1.54) is 11.5 Å². The monoisotopic (exact) mass is 488 g/mol. The van der Waals surface area contributed by atoms with Gasteiger partial charge in [-0.1, -0.05) is 30.0 Å². The van der Waals surface area contributed by atoms with Crippen LogP contribution in [0.4, 0.5) is 9.52 Å². The van der Waals surface area contributed by atoms with E-state index in [1.54, 1.807) is 31.2 Å². The van der Waals surface area contributed by atoms with Crippen molar-refractivity contribution >= 4 is 37.8 Å². The van der Waals surface area contributed by atoms with E-state index in [-0.39, 0.29) is 16.2 Å². The predicted octanol–water partition coefficient (Wildman–Crippen LogP) is 2.73. The second-order valence-corrected chi connectivity index (χ2v) is 9.48. The van der Waals surface area contributed by atoms with Gasteiger partial charge in [0.15, 0.2) is 5.58 Å². The van der Waals surface area contributed by atoms with Gasteiger partial charge in [0.1, 0.15) is 23.1 Å². The van der Waals surface area contributed by atoms with Crippen LogP contribution in [0.15, 0.2) is 56.8 Å². The number of oxazole rings is 1. The van der Waals surface area contributed by atoms with Crippen LogP contribution in [0.25, 0.3) is 11.1 Å². The fraction of sp³-hybridized carbons (Fsp3) is 0.190. The van der Waals surface area contributed by atoms with Gasteiger partial charge in [0.2, 0.25) is 5.13 Å². The lowest BCUT2D eigenvalue weighted by Crippen LogP contribution is -2.20. The van der Waals surface area contributed by atoms with Crippen molar-refractivity contribution in [1.82, 2.24) is 13.9 Å². The molecular weight excluding hydrogens is 471 g/mol. The maximum atomic E-state index is 14.9. The summed E-state index contributed by atoms with van der Waals surface area (Å²) in [5.74, 6) is 3.67. The molecule has 0 saturated carbocycles. The first kappa shape index (κ1) is 22.7. The third-order valence-electron chi connectivity index (χ3n) is 4.75. The van der Waals surface area contributed by atoms with Crippen molar-refractivity contribution in [3.8, 4) is 11.8 Å². The number of anilines is 1. The minimum Gasteiger partial charge on any atom is -0.408 e. The number of halogens is 1. The molecular formula is C21H17FN4O5S2. The van der Waals surface area contributed by atoms with Crippen molar-refractivity contribution in [2.75, 3.05) is 4.72 Å². The molecule has 170 valence electrons. The molecule has 0 aliphatic heterocycles. The number of aliphatic hydroxyl groups is 1. The number of sulfonamides is 1. The topological polar surface area (TPSA) is 127 Å². The van der Waals surface area contributed by atoms with Crippen LogP contribution in [0.1, 0.15) is 31.0 Å². The number of hydrogen-bond acceptors (Lipinski definition) is 8. The lowest BCUT2D eigenvalue weighted by Gasteiger charge is -2.15. The highest BCUT2D eigenvalue weighted by molar-refractivity contribution is 7.93. The Morgan fingerprint density at radius 1 is 1.27 bits per heavy atom. The molecule has 4 rings (SSSR count). The number of rotatable bonds is 5. The van der Waals surface area contributed by atoms with Crippen LogP contribution in [0.3, 0.4) is 0 Å². The summed E-state index contributed by atoms with van der Waals surface area (Å²) in [6, 6.07) is 8.28. The summed E-state index contributed by atoms with van der Waals surface area (Å²) >= 11 is 0.791. The van der Waals surface area contributed by atoms with Gasteiger partial charge in [-0.05, 0) is 25.5 Å². The van der Waals surface area contributed by atoms with Crippen molar-refractivity contribution in [2.24, 2.45) is 0 Å². The Balaban J connectivity index is 1.81. The average Bonchev–Trinajstić information content (AvgIpc) is 3.37. The van der Waals surface area contributed by atoms with Gasteiger partial charge in [0.05, 0.1) is 11.6 Å². The summed E-state index contributed by atoms with van der Waals surface area (Å²) in [6.07, 6.45) is 0.320. The molecule has 12 heteroatoms. The van der Waals surface area contributed by atoms with Crippen molar-refractivity contribution in [3.63, 3.8) is 0 Å². The van der Waals surface area contributed by atoms with Crippen LogP contribution in [-0.2, 0) is 10.0 Å². The summed E-state index contributed by atoms with van der Waals surface area (Å²) in [7, 11) is -4.33. The smallest absolute Gasteiger partial charge is 0.408 e. The summed E-state index contributed by atoms with van der Waals surface area (Å²) in [5.41, 5.74) is 1.20. The van der Waals surface area contributed by atoms with E-state index < -0.39 is 38.6 Å². The summed E-state index contributed by atoms with van der Waals surface area (Å²) in [4.78, 5) is 15.7. The van der Waals surface area contributed by atoms with E-state index in [0.29, 0.717) is 11.1 Å². The van der Waals surface area contributed by atoms with E-state index in [4.69, 9.17) is 4.42 Å². The van der Waals surface area contributed by atoms with Gasteiger partial charge in [0, 0.05) is 29.2 Å². The van der Waals surface area contributed by atoms with Gasteiger partial charge in [-0.2, -0.15) is 4.37 Å². The Kier molecular flexibility index (Phi) is 6.03. The minimum atomic E-state index is -4.33. The first-order valence-electron chi connectivity index (χ1n) is 9.60. The highest BCUT2D eigenvalue weighted by Gasteiger charge is 2.26. The molecule has 2 atom stereocenters. The zero-order chi connectivity index (χ0) is 23.8. The zero-order valence-corrected chi connectivity index (χ0v) is 18.9. The van der Waals surface area contributed by atoms with Crippen molar-refractivity contribution in [3.05, 3.63) is 70.2 Å². The molecule has 0 amide bonds.